The van der Waals surface area contributed by atoms with Gasteiger partial charge in [-0.15, -0.1) is 0 Å². The van der Waals surface area contributed by atoms with Gasteiger partial charge < -0.3 is 19.7 Å². The summed E-state index contributed by atoms with van der Waals surface area (Å²) in [5.74, 6) is -3.14. The molecule has 12 nitrogen and oxygen atoms in total. The van der Waals surface area contributed by atoms with Crippen LogP contribution in [0.2, 0.25) is 0 Å². The third-order valence-corrected chi connectivity index (χ3v) is 7.04. The largest absolute Gasteiger partial charge is 0.464 e. The number of rotatable bonds is 16. The zero-order valence-corrected chi connectivity index (χ0v) is 21.5. The van der Waals surface area contributed by atoms with Crippen LogP contribution in [0.3, 0.4) is 0 Å². The number of hydrogen-bond acceptors (Lipinski definition) is 12. The molecule has 0 unspecified atom stereocenters. The Morgan fingerprint density at radius 3 is 1.30 bits per heavy atom. The summed E-state index contributed by atoms with van der Waals surface area (Å²) in [7, 11) is -8.33. The van der Waals surface area contributed by atoms with Gasteiger partial charge in [0, 0.05) is 10.8 Å². The standard InChI is InChI=1S/C19H36O12S2/c1-7-28-16(22)14(20)18(3,4)12-30-32(24,25)10-9-11-33(26,27)31-13-19(5,6)15(21)17(23)29-8-2/h14-15,20-21H,7-13H2,1-6H3/t14-,15-/m0/s1. The molecule has 2 N–H and O–H groups in total. The summed E-state index contributed by atoms with van der Waals surface area (Å²) in [6.07, 6.45) is -3.59. The second-order valence-electron chi connectivity index (χ2n) is 8.69. The smallest absolute Gasteiger partial charge is 0.335 e. The molecule has 0 rings (SSSR count). The Labute approximate surface area is 195 Å². The van der Waals surface area contributed by atoms with E-state index in [-0.39, 0.29) is 19.6 Å². The van der Waals surface area contributed by atoms with Gasteiger partial charge in [-0.3, -0.25) is 8.37 Å². The number of ether oxygens (including phenoxy) is 2. The Bertz CT molecular complexity index is 776. The van der Waals surface area contributed by atoms with Gasteiger partial charge in [0.05, 0.1) is 37.9 Å². The Kier molecular flexibility index (Phi) is 12.4. The molecule has 0 aromatic carbocycles. The molecule has 0 heterocycles. The Balaban J connectivity index is 4.72. The molecule has 0 saturated heterocycles. The molecule has 14 heteroatoms. The second-order valence-corrected chi connectivity index (χ2v) is 12.2. The van der Waals surface area contributed by atoms with Gasteiger partial charge in [0.25, 0.3) is 20.2 Å². The number of hydrogen-bond donors (Lipinski definition) is 2. The Morgan fingerprint density at radius 2 is 1.03 bits per heavy atom. The lowest BCUT2D eigenvalue weighted by Crippen LogP contribution is -2.41. The number of carbonyl (C=O) groups is 2. The minimum Gasteiger partial charge on any atom is -0.464 e. The van der Waals surface area contributed by atoms with E-state index in [0.717, 1.165) is 0 Å². The van der Waals surface area contributed by atoms with Crippen LogP contribution in [0.4, 0.5) is 0 Å². The van der Waals surface area contributed by atoms with E-state index in [1.54, 1.807) is 13.8 Å². The maximum Gasteiger partial charge on any atom is 0.335 e. The van der Waals surface area contributed by atoms with Crippen molar-refractivity contribution in [3.05, 3.63) is 0 Å². The third kappa shape index (κ3) is 11.6. The van der Waals surface area contributed by atoms with Crippen molar-refractivity contribution in [2.45, 2.75) is 60.2 Å². The van der Waals surface area contributed by atoms with Gasteiger partial charge in [-0.1, -0.05) is 27.7 Å². The Hall–Kier alpha value is -1.32. The lowest BCUT2D eigenvalue weighted by Gasteiger charge is -2.28. The minimum atomic E-state index is -4.17. The highest BCUT2D eigenvalue weighted by Crippen LogP contribution is 2.24. The highest BCUT2D eigenvalue weighted by Gasteiger charge is 2.37. The number of aliphatic hydroxyl groups excluding tert-OH is 2. The molecule has 0 amide bonds. The van der Waals surface area contributed by atoms with Crippen molar-refractivity contribution in [3.8, 4) is 0 Å². The molecular formula is C19H36O12S2. The first-order chi connectivity index (χ1) is 14.9. The molecule has 0 aromatic heterocycles. The first-order valence-electron chi connectivity index (χ1n) is 10.3. The summed E-state index contributed by atoms with van der Waals surface area (Å²) in [6, 6.07) is 0. The quantitative estimate of drug-likeness (QED) is 0.205. The second kappa shape index (κ2) is 13.0. The van der Waals surface area contributed by atoms with Crippen molar-refractivity contribution in [3.63, 3.8) is 0 Å². The van der Waals surface area contributed by atoms with E-state index < -0.39 is 79.9 Å². The van der Waals surface area contributed by atoms with Gasteiger partial charge in [-0.2, -0.15) is 16.8 Å². The first-order valence-corrected chi connectivity index (χ1v) is 13.5. The van der Waals surface area contributed by atoms with Crippen LogP contribution in [0.1, 0.15) is 48.0 Å². The molecule has 0 aliphatic carbocycles. The van der Waals surface area contributed by atoms with Crippen LogP contribution in [0, 0.1) is 10.8 Å². The van der Waals surface area contributed by atoms with Gasteiger partial charge in [0.1, 0.15) is 0 Å². The van der Waals surface area contributed by atoms with Gasteiger partial charge in [-0.25, -0.2) is 9.59 Å². The molecule has 33 heavy (non-hydrogen) atoms. The van der Waals surface area contributed by atoms with Crippen LogP contribution in [-0.2, 0) is 47.7 Å². The molecule has 0 saturated carbocycles. The average Bonchev–Trinajstić information content (AvgIpc) is 2.70. The van der Waals surface area contributed by atoms with E-state index in [1.165, 1.54) is 27.7 Å². The van der Waals surface area contributed by atoms with Crippen molar-refractivity contribution in [1.29, 1.82) is 0 Å². The fraction of sp³-hybridized carbons (Fsp3) is 0.895. The SMILES string of the molecule is CCOC(=O)[C@H](O)C(C)(C)COS(=O)(=O)CCCS(=O)(=O)OCC(C)(C)[C@@H](O)C(=O)OCC. The molecule has 2 atom stereocenters. The van der Waals surface area contributed by atoms with Gasteiger partial charge >= 0.3 is 11.9 Å². The zero-order valence-electron chi connectivity index (χ0n) is 19.9. The molecule has 0 spiro atoms. The van der Waals surface area contributed by atoms with Crippen molar-refractivity contribution in [2.75, 3.05) is 37.9 Å². The van der Waals surface area contributed by atoms with Crippen LogP contribution in [-0.4, -0.2) is 89.1 Å². The fourth-order valence-corrected chi connectivity index (χ4v) is 4.63. The maximum absolute atomic E-state index is 12.1. The van der Waals surface area contributed by atoms with Gasteiger partial charge in [0.15, 0.2) is 12.2 Å². The van der Waals surface area contributed by atoms with E-state index >= 15 is 0 Å². The monoisotopic (exact) mass is 520 g/mol. The normalized spacial score (nSPS) is 15.0. The summed E-state index contributed by atoms with van der Waals surface area (Å²) >= 11 is 0. The summed E-state index contributed by atoms with van der Waals surface area (Å²) in [6.45, 7) is 7.78. The third-order valence-electron chi connectivity index (χ3n) is 4.51. The molecule has 0 radical (unpaired) electrons. The predicted molar refractivity (Wildman–Crippen MR) is 117 cm³/mol. The summed E-state index contributed by atoms with van der Waals surface area (Å²) < 4.78 is 67.4. The van der Waals surface area contributed by atoms with Crippen LogP contribution in [0.5, 0.6) is 0 Å². The van der Waals surface area contributed by atoms with E-state index in [4.69, 9.17) is 17.8 Å². The summed E-state index contributed by atoms with van der Waals surface area (Å²) in [5.41, 5.74) is -2.56. The molecular weight excluding hydrogens is 484 g/mol. The highest BCUT2D eigenvalue weighted by molar-refractivity contribution is 7.87. The molecule has 196 valence electrons. The molecule has 0 bridgehead atoms. The van der Waals surface area contributed by atoms with E-state index in [0.29, 0.717) is 0 Å². The lowest BCUT2D eigenvalue weighted by molar-refractivity contribution is -0.161. The highest BCUT2D eigenvalue weighted by atomic mass is 32.2. The minimum absolute atomic E-state index is 0.0423. The van der Waals surface area contributed by atoms with Crippen LogP contribution in [0.15, 0.2) is 0 Å². The van der Waals surface area contributed by atoms with Crippen molar-refractivity contribution in [1.82, 2.24) is 0 Å². The summed E-state index contributed by atoms with van der Waals surface area (Å²) in [4.78, 5) is 23.3. The van der Waals surface area contributed by atoms with E-state index in [9.17, 15) is 36.6 Å². The van der Waals surface area contributed by atoms with E-state index in [1.807, 2.05) is 0 Å². The zero-order chi connectivity index (χ0) is 26.1. The van der Waals surface area contributed by atoms with Crippen molar-refractivity contribution in [2.24, 2.45) is 10.8 Å². The van der Waals surface area contributed by atoms with E-state index in [2.05, 4.69) is 0 Å². The predicted octanol–water partition coefficient (Wildman–Crippen LogP) is -0.0303. The van der Waals surface area contributed by atoms with Crippen molar-refractivity contribution < 1.29 is 54.5 Å². The van der Waals surface area contributed by atoms with Gasteiger partial charge in [-0.05, 0) is 20.3 Å². The van der Waals surface area contributed by atoms with Crippen LogP contribution in [0.25, 0.3) is 0 Å². The first kappa shape index (κ1) is 31.7. The van der Waals surface area contributed by atoms with Crippen LogP contribution < -0.4 is 0 Å². The molecule has 0 fully saturated rings. The molecule has 0 aliphatic heterocycles. The Morgan fingerprint density at radius 1 is 0.727 bits per heavy atom. The maximum atomic E-state index is 12.1. The lowest BCUT2D eigenvalue weighted by atomic mass is 9.88. The number of esters is 2. The topological polar surface area (TPSA) is 180 Å². The molecule has 0 aliphatic rings. The molecule has 0 aromatic rings. The summed E-state index contributed by atoms with van der Waals surface area (Å²) in [5, 5.41) is 20.0. The number of aliphatic hydroxyl groups is 2. The fourth-order valence-electron chi connectivity index (χ4n) is 2.25. The number of carbonyl (C=O) groups excluding carboxylic acids is 2. The van der Waals surface area contributed by atoms with Crippen molar-refractivity contribution >= 4 is 32.2 Å². The van der Waals surface area contributed by atoms with Crippen LogP contribution >= 0.6 is 0 Å². The average molecular weight is 521 g/mol. The van der Waals surface area contributed by atoms with Gasteiger partial charge in [0.2, 0.25) is 0 Å².